The van der Waals surface area contributed by atoms with E-state index in [2.05, 4.69) is 21.2 Å². The topological polar surface area (TPSA) is 86.8 Å². The molecule has 0 aliphatic carbocycles. The van der Waals surface area contributed by atoms with Crippen LogP contribution in [0.25, 0.3) is 0 Å². The average Bonchev–Trinajstić information content (AvgIpc) is 2.90. The number of rotatable bonds is 11. The van der Waals surface area contributed by atoms with Crippen molar-refractivity contribution in [1.82, 2.24) is 10.2 Å². The highest BCUT2D eigenvalue weighted by Gasteiger charge is 2.32. The van der Waals surface area contributed by atoms with Crippen LogP contribution in [0.15, 0.2) is 88.2 Å². The lowest BCUT2D eigenvalue weighted by atomic mass is 10.1. The first kappa shape index (κ1) is 28.3. The van der Waals surface area contributed by atoms with E-state index < -0.39 is 34.3 Å². The van der Waals surface area contributed by atoms with Gasteiger partial charge in [0.2, 0.25) is 11.8 Å². The van der Waals surface area contributed by atoms with Gasteiger partial charge in [-0.1, -0.05) is 53.2 Å². The molecule has 196 valence electrons. The van der Waals surface area contributed by atoms with E-state index in [-0.39, 0.29) is 17.3 Å². The van der Waals surface area contributed by atoms with Crippen molar-refractivity contribution >= 4 is 43.5 Å². The number of carbonyl (C=O) groups excluding carboxylic acids is 2. The van der Waals surface area contributed by atoms with Crippen molar-refractivity contribution in [3.05, 3.63) is 94.7 Å². The first-order chi connectivity index (χ1) is 17.6. The van der Waals surface area contributed by atoms with Crippen LogP contribution in [0.4, 0.5) is 10.1 Å². The second kappa shape index (κ2) is 12.8. The molecule has 0 saturated heterocycles. The van der Waals surface area contributed by atoms with Crippen LogP contribution in [-0.2, 0) is 26.2 Å². The second-order valence-electron chi connectivity index (χ2n) is 8.42. The Bertz CT molecular complexity index is 1300. The highest BCUT2D eigenvalue weighted by Crippen LogP contribution is 2.26. The zero-order valence-corrected chi connectivity index (χ0v) is 23.0. The van der Waals surface area contributed by atoms with Gasteiger partial charge < -0.3 is 10.2 Å². The zero-order chi connectivity index (χ0) is 27.0. The molecule has 0 fully saturated rings. The first-order valence-electron chi connectivity index (χ1n) is 11.8. The predicted molar refractivity (Wildman–Crippen MR) is 145 cm³/mol. The molecule has 1 atom stereocenters. The number of anilines is 1. The van der Waals surface area contributed by atoms with Crippen molar-refractivity contribution in [2.24, 2.45) is 0 Å². The molecule has 0 radical (unpaired) electrons. The van der Waals surface area contributed by atoms with Gasteiger partial charge >= 0.3 is 0 Å². The Kier molecular flexibility index (Phi) is 9.82. The van der Waals surface area contributed by atoms with Crippen LogP contribution in [0.3, 0.4) is 0 Å². The van der Waals surface area contributed by atoms with Crippen molar-refractivity contribution in [3.8, 4) is 0 Å². The summed E-state index contributed by atoms with van der Waals surface area (Å²) < 4.78 is 42.5. The number of hydrogen-bond donors (Lipinski definition) is 1. The number of hydrogen-bond acceptors (Lipinski definition) is 4. The average molecular weight is 591 g/mol. The number of halogens is 2. The number of nitrogens with zero attached hydrogens (tertiary/aromatic N) is 2. The minimum Gasteiger partial charge on any atom is -0.354 e. The lowest BCUT2D eigenvalue weighted by Gasteiger charge is -2.32. The molecular formula is C27H29BrFN3O4S. The Morgan fingerprint density at radius 1 is 0.973 bits per heavy atom. The normalized spacial score (nSPS) is 12.0. The SMILES string of the molecule is CCCNC(=O)[C@H](C)N(Cc1ccc(F)cc1)C(=O)CN(c1ccc(Br)cc1)S(=O)(=O)c1ccccc1. The number of amides is 2. The maximum Gasteiger partial charge on any atom is 0.264 e. The van der Waals surface area contributed by atoms with Gasteiger partial charge in [0.05, 0.1) is 10.6 Å². The summed E-state index contributed by atoms with van der Waals surface area (Å²) >= 11 is 3.35. The van der Waals surface area contributed by atoms with Crippen molar-refractivity contribution in [2.75, 3.05) is 17.4 Å². The molecule has 3 rings (SSSR count). The maximum atomic E-state index is 13.7. The molecule has 0 spiro atoms. The molecule has 0 aromatic heterocycles. The van der Waals surface area contributed by atoms with Gasteiger partial charge in [0.25, 0.3) is 10.0 Å². The zero-order valence-electron chi connectivity index (χ0n) is 20.6. The van der Waals surface area contributed by atoms with Crippen LogP contribution in [0.1, 0.15) is 25.8 Å². The van der Waals surface area contributed by atoms with Gasteiger partial charge in [-0.2, -0.15) is 0 Å². The van der Waals surface area contributed by atoms with E-state index in [1.807, 2.05) is 6.92 Å². The molecule has 3 aromatic carbocycles. The minimum atomic E-state index is -4.11. The van der Waals surface area contributed by atoms with E-state index in [4.69, 9.17) is 0 Å². The molecule has 0 heterocycles. The molecule has 0 aliphatic rings. The van der Waals surface area contributed by atoms with Crippen LogP contribution in [0.2, 0.25) is 0 Å². The Morgan fingerprint density at radius 3 is 2.19 bits per heavy atom. The molecule has 0 saturated carbocycles. The monoisotopic (exact) mass is 589 g/mol. The van der Waals surface area contributed by atoms with Crippen molar-refractivity contribution in [3.63, 3.8) is 0 Å². The maximum absolute atomic E-state index is 13.7. The van der Waals surface area contributed by atoms with E-state index in [9.17, 15) is 22.4 Å². The molecule has 3 aromatic rings. The minimum absolute atomic E-state index is 0.000608. The first-order valence-corrected chi connectivity index (χ1v) is 14.0. The van der Waals surface area contributed by atoms with Gasteiger partial charge in [-0.15, -0.1) is 0 Å². The summed E-state index contributed by atoms with van der Waals surface area (Å²) in [5.41, 5.74) is 0.899. The third kappa shape index (κ3) is 7.39. The number of sulfonamides is 1. The standard InChI is InChI=1S/C27H29BrFN3O4S/c1-3-17-30-27(34)20(2)31(18-21-9-13-23(29)14-10-21)26(33)19-32(24-15-11-22(28)12-16-24)37(35,36)25-7-5-4-6-8-25/h4-16,20H,3,17-19H2,1-2H3,(H,30,34)/t20-/m0/s1. The van der Waals surface area contributed by atoms with Gasteiger partial charge in [-0.05, 0) is 67.4 Å². The van der Waals surface area contributed by atoms with E-state index >= 15 is 0 Å². The summed E-state index contributed by atoms with van der Waals surface area (Å²) in [5, 5.41) is 2.78. The fraction of sp³-hybridized carbons (Fsp3) is 0.259. The Labute approximate surface area is 225 Å². The quantitative estimate of drug-likeness (QED) is 0.350. The third-order valence-corrected chi connectivity index (χ3v) is 8.02. The van der Waals surface area contributed by atoms with Gasteiger partial charge in [-0.3, -0.25) is 13.9 Å². The van der Waals surface area contributed by atoms with Gasteiger partial charge in [0.15, 0.2) is 0 Å². The van der Waals surface area contributed by atoms with E-state index in [1.54, 1.807) is 49.4 Å². The summed E-state index contributed by atoms with van der Waals surface area (Å²) in [6.07, 6.45) is 0.719. The molecule has 10 heteroatoms. The summed E-state index contributed by atoms with van der Waals surface area (Å²) in [4.78, 5) is 27.9. The fourth-order valence-corrected chi connectivity index (χ4v) is 5.32. The molecule has 0 bridgehead atoms. The smallest absolute Gasteiger partial charge is 0.264 e. The summed E-state index contributed by atoms with van der Waals surface area (Å²) in [5.74, 6) is -1.37. The van der Waals surface area contributed by atoms with Crippen LogP contribution in [0, 0.1) is 5.82 Å². The van der Waals surface area contributed by atoms with Gasteiger partial charge in [0.1, 0.15) is 18.4 Å². The van der Waals surface area contributed by atoms with Crippen LogP contribution in [-0.4, -0.2) is 44.3 Å². The van der Waals surface area contributed by atoms with Crippen LogP contribution in [0.5, 0.6) is 0 Å². The van der Waals surface area contributed by atoms with Crippen molar-refractivity contribution < 1.29 is 22.4 Å². The lowest BCUT2D eigenvalue weighted by Crippen LogP contribution is -2.51. The summed E-state index contributed by atoms with van der Waals surface area (Å²) in [7, 11) is -4.11. The van der Waals surface area contributed by atoms with Gasteiger partial charge in [0, 0.05) is 17.6 Å². The Balaban J connectivity index is 1.99. The molecule has 0 aliphatic heterocycles. The van der Waals surface area contributed by atoms with Gasteiger partial charge in [-0.25, -0.2) is 12.8 Å². The second-order valence-corrected chi connectivity index (χ2v) is 11.2. The Morgan fingerprint density at radius 2 is 1.59 bits per heavy atom. The van der Waals surface area contributed by atoms with Crippen molar-refractivity contribution in [1.29, 1.82) is 0 Å². The largest absolute Gasteiger partial charge is 0.354 e. The van der Waals surface area contributed by atoms with E-state index in [1.165, 1.54) is 41.3 Å². The third-order valence-electron chi connectivity index (χ3n) is 5.71. The van der Waals surface area contributed by atoms with Crippen LogP contribution < -0.4 is 9.62 Å². The molecule has 1 N–H and O–H groups in total. The molecule has 2 amide bonds. The fourth-order valence-electron chi connectivity index (χ4n) is 3.62. The van der Waals surface area contributed by atoms with E-state index in [0.29, 0.717) is 17.8 Å². The molecule has 0 unspecified atom stereocenters. The Hall–Kier alpha value is -3.24. The lowest BCUT2D eigenvalue weighted by molar-refractivity contribution is -0.139. The number of carbonyl (C=O) groups is 2. The summed E-state index contributed by atoms with van der Waals surface area (Å²) in [6.45, 7) is 3.40. The number of nitrogens with one attached hydrogen (secondary N) is 1. The van der Waals surface area contributed by atoms with Crippen molar-refractivity contribution in [2.45, 2.75) is 37.8 Å². The predicted octanol–water partition coefficient (Wildman–Crippen LogP) is 4.73. The molecule has 37 heavy (non-hydrogen) atoms. The number of benzene rings is 3. The van der Waals surface area contributed by atoms with E-state index in [0.717, 1.165) is 15.2 Å². The summed E-state index contributed by atoms with van der Waals surface area (Å²) in [6, 6.07) is 19.1. The molecular weight excluding hydrogens is 561 g/mol. The van der Waals surface area contributed by atoms with Crippen LogP contribution >= 0.6 is 15.9 Å². The highest BCUT2D eigenvalue weighted by atomic mass is 79.9. The molecule has 7 nitrogen and oxygen atoms in total. The highest BCUT2D eigenvalue weighted by molar-refractivity contribution is 9.10.